The van der Waals surface area contributed by atoms with Gasteiger partial charge in [0, 0.05) is 13.7 Å². The summed E-state index contributed by atoms with van der Waals surface area (Å²) in [6.45, 7) is 0.924. The van der Waals surface area contributed by atoms with Gasteiger partial charge in [-0.25, -0.2) is 0 Å². The van der Waals surface area contributed by atoms with E-state index in [0.717, 1.165) is 10.2 Å². The monoisotopic (exact) mass is 408 g/mol. The molecule has 0 aliphatic carbocycles. The highest BCUT2D eigenvalue weighted by Gasteiger charge is 2.15. The van der Waals surface area contributed by atoms with Gasteiger partial charge in [0.25, 0.3) is 10.0 Å². The fraction of sp³-hybridized carbons (Fsp3) is 0.278. The van der Waals surface area contributed by atoms with Crippen molar-refractivity contribution in [2.45, 2.75) is 11.4 Å². The van der Waals surface area contributed by atoms with Gasteiger partial charge in [0.2, 0.25) is 4.80 Å². The predicted octanol–water partition coefficient (Wildman–Crippen LogP) is 2.66. The molecule has 2 aromatic carbocycles. The summed E-state index contributed by atoms with van der Waals surface area (Å²) in [5, 5.41) is 0. The van der Waals surface area contributed by atoms with Crippen molar-refractivity contribution in [2.24, 2.45) is 4.40 Å². The molecular weight excluding hydrogens is 388 g/mol. The molecule has 1 heterocycles. The number of benzene rings is 2. The van der Waals surface area contributed by atoms with E-state index in [1.165, 1.54) is 30.6 Å². The molecule has 0 bridgehead atoms. The molecule has 0 radical (unpaired) electrons. The molecule has 0 amide bonds. The van der Waals surface area contributed by atoms with Gasteiger partial charge in [-0.3, -0.25) is 0 Å². The quantitative estimate of drug-likeness (QED) is 0.601. The van der Waals surface area contributed by atoms with Gasteiger partial charge in [-0.15, -0.1) is 4.40 Å². The highest BCUT2D eigenvalue weighted by molar-refractivity contribution is 7.90. The fourth-order valence-corrected chi connectivity index (χ4v) is 4.84. The fourth-order valence-electron chi connectivity index (χ4n) is 2.55. The molecule has 0 aliphatic heterocycles. The topological polar surface area (TPSA) is 79.1 Å². The summed E-state index contributed by atoms with van der Waals surface area (Å²) in [5.74, 6) is 1.28. The molecule has 0 N–H and O–H groups in total. The SMILES string of the molecule is COCCn1/c(=N/S(=O)(=O)c2ccc(OC)cc2)sc2cc(OC)ccc21. The highest BCUT2D eigenvalue weighted by atomic mass is 32.2. The summed E-state index contributed by atoms with van der Waals surface area (Å²) in [4.78, 5) is 0.489. The molecule has 1 aromatic heterocycles. The van der Waals surface area contributed by atoms with Crippen LogP contribution in [-0.4, -0.2) is 40.9 Å². The number of sulfonamides is 1. The lowest BCUT2D eigenvalue weighted by atomic mass is 10.3. The average molecular weight is 409 g/mol. The molecule has 0 aliphatic rings. The predicted molar refractivity (Wildman–Crippen MR) is 104 cm³/mol. The molecule has 0 unspecified atom stereocenters. The van der Waals surface area contributed by atoms with E-state index in [-0.39, 0.29) is 4.90 Å². The molecule has 0 saturated heterocycles. The van der Waals surface area contributed by atoms with Gasteiger partial charge in [-0.05, 0) is 42.5 Å². The maximum atomic E-state index is 12.8. The van der Waals surface area contributed by atoms with E-state index in [1.54, 1.807) is 26.4 Å². The van der Waals surface area contributed by atoms with Crippen LogP contribution in [0.4, 0.5) is 0 Å². The number of hydrogen-bond acceptors (Lipinski definition) is 6. The number of hydrogen-bond donors (Lipinski definition) is 0. The Morgan fingerprint density at radius 3 is 2.30 bits per heavy atom. The summed E-state index contributed by atoms with van der Waals surface area (Å²) in [5.41, 5.74) is 0.876. The van der Waals surface area contributed by atoms with Gasteiger partial charge in [0.1, 0.15) is 11.5 Å². The van der Waals surface area contributed by atoms with Crippen molar-refractivity contribution >= 4 is 31.6 Å². The third-order valence-corrected chi connectivity index (χ3v) is 6.40. The van der Waals surface area contributed by atoms with Crippen molar-refractivity contribution < 1.29 is 22.6 Å². The van der Waals surface area contributed by atoms with Crippen LogP contribution >= 0.6 is 11.3 Å². The zero-order valence-electron chi connectivity index (χ0n) is 15.2. The first kappa shape index (κ1) is 19.4. The van der Waals surface area contributed by atoms with Crippen molar-refractivity contribution in [1.29, 1.82) is 0 Å². The maximum Gasteiger partial charge on any atom is 0.285 e. The minimum Gasteiger partial charge on any atom is -0.497 e. The molecule has 0 saturated carbocycles. The first-order valence-electron chi connectivity index (χ1n) is 8.10. The van der Waals surface area contributed by atoms with Crippen LogP contribution in [0.2, 0.25) is 0 Å². The smallest absolute Gasteiger partial charge is 0.285 e. The van der Waals surface area contributed by atoms with E-state index < -0.39 is 10.0 Å². The van der Waals surface area contributed by atoms with Gasteiger partial charge in [0.15, 0.2) is 0 Å². The number of thiazole rings is 1. The Bertz CT molecular complexity index is 1100. The van der Waals surface area contributed by atoms with Crippen LogP contribution < -0.4 is 14.3 Å². The van der Waals surface area contributed by atoms with Crippen LogP contribution in [0.1, 0.15) is 0 Å². The number of fused-ring (bicyclic) bond motifs is 1. The maximum absolute atomic E-state index is 12.8. The van der Waals surface area contributed by atoms with Crippen LogP contribution in [0.25, 0.3) is 10.2 Å². The molecule has 0 atom stereocenters. The Morgan fingerprint density at radius 2 is 1.67 bits per heavy atom. The van der Waals surface area contributed by atoms with Crippen molar-refractivity contribution in [1.82, 2.24) is 4.57 Å². The van der Waals surface area contributed by atoms with Crippen molar-refractivity contribution in [2.75, 3.05) is 27.9 Å². The molecule has 144 valence electrons. The van der Waals surface area contributed by atoms with Gasteiger partial charge >= 0.3 is 0 Å². The zero-order chi connectivity index (χ0) is 19.4. The zero-order valence-corrected chi connectivity index (χ0v) is 16.8. The lowest BCUT2D eigenvalue weighted by molar-refractivity contribution is 0.187. The number of nitrogens with zero attached hydrogens (tertiary/aromatic N) is 2. The molecule has 7 nitrogen and oxygen atoms in total. The third-order valence-electron chi connectivity index (χ3n) is 3.96. The molecule has 0 fully saturated rings. The van der Waals surface area contributed by atoms with Crippen LogP contribution in [0, 0.1) is 0 Å². The summed E-state index contributed by atoms with van der Waals surface area (Å²) in [6.07, 6.45) is 0. The number of aromatic nitrogens is 1. The third kappa shape index (κ3) is 4.15. The molecule has 3 aromatic rings. The Morgan fingerprint density at radius 1 is 1.00 bits per heavy atom. The van der Waals surface area contributed by atoms with Gasteiger partial charge in [-0.1, -0.05) is 11.3 Å². The summed E-state index contributed by atoms with van der Waals surface area (Å²) >= 11 is 1.29. The van der Waals surface area contributed by atoms with Crippen molar-refractivity contribution in [3.63, 3.8) is 0 Å². The van der Waals surface area contributed by atoms with Crippen LogP contribution in [0.5, 0.6) is 11.5 Å². The van der Waals surface area contributed by atoms with E-state index >= 15 is 0 Å². The van der Waals surface area contributed by atoms with Gasteiger partial charge in [0.05, 0.1) is 35.9 Å². The molecule has 3 rings (SSSR count). The largest absolute Gasteiger partial charge is 0.497 e. The van der Waals surface area contributed by atoms with Crippen LogP contribution in [-0.2, 0) is 21.3 Å². The van der Waals surface area contributed by atoms with E-state index in [1.807, 2.05) is 22.8 Å². The lowest BCUT2D eigenvalue weighted by Crippen LogP contribution is -2.19. The molecule has 0 spiro atoms. The second kappa shape index (κ2) is 8.12. The van der Waals surface area contributed by atoms with E-state index in [0.29, 0.717) is 29.5 Å². The van der Waals surface area contributed by atoms with Crippen molar-refractivity contribution in [3.05, 3.63) is 47.3 Å². The summed E-state index contributed by atoms with van der Waals surface area (Å²) in [6, 6.07) is 11.7. The normalized spacial score (nSPS) is 12.5. The van der Waals surface area contributed by atoms with Gasteiger partial charge < -0.3 is 18.8 Å². The van der Waals surface area contributed by atoms with Crippen molar-refractivity contribution in [3.8, 4) is 11.5 Å². The highest BCUT2D eigenvalue weighted by Crippen LogP contribution is 2.24. The molecule has 9 heteroatoms. The van der Waals surface area contributed by atoms with Crippen LogP contribution in [0.15, 0.2) is 51.8 Å². The lowest BCUT2D eigenvalue weighted by Gasteiger charge is -2.05. The Balaban J connectivity index is 2.14. The second-order valence-corrected chi connectivity index (χ2v) is 8.22. The van der Waals surface area contributed by atoms with E-state index in [9.17, 15) is 8.42 Å². The minimum atomic E-state index is -3.86. The average Bonchev–Trinajstić information content (AvgIpc) is 3.01. The minimum absolute atomic E-state index is 0.108. The first-order valence-corrected chi connectivity index (χ1v) is 10.4. The number of ether oxygens (including phenoxy) is 3. The number of methoxy groups -OCH3 is 3. The van der Waals surface area contributed by atoms with E-state index in [2.05, 4.69) is 4.40 Å². The Kier molecular flexibility index (Phi) is 5.83. The van der Waals surface area contributed by atoms with Crippen LogP contribution in [0.3, 0.4) is 0 Å². The Labute approximate surface area is 161 Å². The molecular formula is C18H20N2O5S2. The number of rotatable bonds is 7. The standard InChI is InChI=1S/C18H20N2O5S2/c1-23-11-10-20-16-9-6-14(25-3)12-17(16)26-18(20)19-27(21,22)15-7-4-13(24-2)5-8-15/h4-9,12H,10-11H2,1-3H3/b19-18-. The summed E-state index contributed by atoms with van der Waals surface area (Å²) < 4.78 is 47.8. The van der Waals surface area contributed by atoms with E-state index in [4.69, 9.17) is 14.2 Å². The molecule has 27 heavy (non-hydrogen) atoms. The first-order chi connectivity index (χ1) is 13.0. The van der Waals surface area contributed by atoms with Gasteiger partial charge in [-0.2, -0.15) is 8.42 Å². The Hall–Kier alpha value is -2.36. The summed E-state index contributed by atoms with van der Waals surface area (Å²) in [7, 11) is 0.854. The second-order valence-electron chi connectivity index (χ2n) is 5.60.